The number of aliphatic hydroxyl groups is 4. The van der Waals surface area contributed by atoms with Crippen LogP contribution in [0.3, 0.4) is 0 Å². The highest BCUT2D eigenvalue weighted by molar-refractivity contribution is 5.90. The van der Waals surface area contributed by atoms with Crippen molar-refractivity contribution in [1.82, 2.24) is 0 Å². The summed E-state index contributed by atoms with van der Waals surface area (Å²) in [7, 11) is 0. The van der Waals surface area contributed by atoms with Crippen molar-refractivity contribution in [3.05, 3.63) is 11.6 Å². The molecule has 7 atom stereocenters. The van der Waals surface area contributed by atoms with Gasteiger partial charge in [0.05, 0.1) is 36.6 Å². The molecule has 7 heteroatoms. The summed E-state index contributed by atoms with van der Waals surface area (Å²) in [5, 5.41) is 41.6. The number of cyclic esters (lactones) is 1. The van der Waals surface area contributed by atoms with E-state index in [0.717, 1.165) is 64.2 Å². The van der Waals surface area contributed by atoms with E-state index in [9.17, 15) is 25.2 Å². The standard InChI is InChI=1S/C35H64O7/c1-3-4-5-6-7-8-9-10-14-17-20-31(37)32(38)22-23-33(39)34-24-21-30(42-34)19-16-13-11-12-15-18-29(36)26-28-25-27(2)41-35(28)40/h25,27,29-34,36-39H,3-24,26H2,1-2H3/t27-,29+,30?,31?,32?,33?,34?/m0/s1. The molecule has 2 aliphatic heterocycles. The Morgan fingerprint density at radius 1 is 0.738 bits per heavy atom. The largest absolute Gasteiger partial charge is 0.455 e. The SMILES string of the molecule is CCCCCCCCCCCCC(O)C(O)CCC(O)C1CCC(CCCCCCC[C@@H](O)CC2=C[C@H](C)OC2=O)O1. The second-order valence-corrected chi connectivity index (χ2v) is 13.1. The van der Waals surface area contributed by atoms with E-state index in [1.54, 1.807) is 6.08 Å². The Morgan fingerprint density at radius 2 is 1.31 bits per heavy atom. The van der Waals surface area contributed by atoms with E-state index >= 15 is 0 Å². The van der Waals surface area contributed by atoms with Crippen LogP contribution in [-0.4, -0.2) is 69.1 Å². The van der Waals surface area contributed by atoms with Crippen LogP contribution in [0.5, 0.6) is 0 Å². The summed E-state index contributed by atoms with van der Waals surface area (Å²) in [6.07, 6.45) is 22.4. The predicted molar refractivity (Wildman–Crippen MR) is 168 cm³/mol. The molecule has 1 saturated heterocycles. The van der Waals surface area contributed by atoms with Gasteiger partial charge in [-0.15, -0.1) is 0 Å². The first kappa shape index (κ1) is 37.2. The maximum atomic E-state index is 11.7. The quantitative estimate of drug-likeness (QED) is 0.0624. The third-order valence-electron chi connectivity index (χ3n) is 9.14. The summed E-state index contributed by atoms with van der Waals surface area (Å²) < 4.78 is 11.2. The molecule has 2 aliphatic rings. The van der Waals surface area contributed by atoms with Crippen molar-refractivity contribution in [2.24, 2.45) is 0 Å². The Balaban J connectivity index is 1.42. The number of unbranched alkanes of at least 4 members (excludes halogenated alkanes) is 13. The molecule has 0 aromatic rings. The van der Waals surface area contributed by atoms with E-state index in [-0.39, 0.29) is 24.3 Å². The average molecular weight is 597 g/mol. The van der Waals surface area contributed by atoms with Crippen LogP contribution in [0.25, 0.3) is 0 Å². The molecule has 0 spiro atoms. The molecule has 2 rings (SSSR count). The molecule has 5 unspecified atom stereocenters. The van der Waals surface area contributed by atoms with Gasteiger partial charge in [-0.1, -0.05) is 103 Å². The molecule has 0 aromatic heterocycles. The lowest BCUT2D eigenvalue weighted by Crippen LogP contribution is -2.31. The highest BCUT2D eigenvalue weighted by Crippen LogP contribution is 2.28. The third-order valence-corrected chi connectivity index (χ3v) is 9.14. The van der Waals surface area contributed by atoms with Gasteiger partial charge in [0.15, 0.2) is 0 Å². The summed E-state index contributed by atoms with van der Waals surface area (Å²) in [6, 6.07) is 0. The van der Waals surface area contributed by atoms with Gasteiger partial charge in [0, 0.05) is 12.0 Å². The van der Waals surface area contributed by atoms with Crippen LogP contribution in [-0.2, 0) is 14.3 Å². The molecule has 246 valence electrons. The number of carbonyl (C=O) groups excluding carboxylic acids is 1. The first-order valence-electron chi connectivity index (χ1n) is 17.6. The molecule has 7 nitrogen and oxygen atoms in total. The van der Waals surface area contributed by atoms with Gasteiger partial charge in [-0.2, -0.15) is 0 Å². The zero-order valence-electron chi connectivity index (χ0n) is 26.9. The van der Waals surface area contributed by atoms with E-state index < -0.39 is 24.4 Å². The highest BCUT2D eigenvalue weighted by atomic mass is 16.5. The van der Waals surface area contributed by atoms with Crippen LogP contribution in [0.4, 0.5) is 0 Å². The van der Waals surface area contributed by atoms with Crippen LogP contribution in [0.15, 0.2) is 11.6 Å². The van der Waals surface area contributed by atoms with Crippen molar-refractivity contribution in [1.29, 1.82) is 0 Å². The van der Waals surface area contributed by atoms with Crippen LogP contribution < -0.4 is 0 Å². The van der Waals surface area contributed by atoms with Crippen molar-refractivity contribution in [3.8, 4) is 0 Å². The molecule has 0 aliphatic carbocycles. The number of hydrogen-bond acceptors (Lipinski definition) is 7. The van der Waals surface area contributed by atoms with Crippen molar-refractivity contribution in [2.75, 3.05) is 0 Å². The van der Waals surface area contributed by atoms with Gasteiger partial charge in [-0.3, -0.25) is 0 Å². The van der Waals surface area contributed by atoms with Crippen LogP contribution >= 0.6 is 0 Å². The van der Waals surface area contributed by atoms with Crippen LogP contribution in [0.1, 0.15) is 162 Å². The topological polar surface area (TPSA) is 116 Å². The van der Waals surface area contributed by atoms with E-state index in [1.807, 2.05) is 6.92 Å². The van der Waals surface area contributed by atoms with Crippen molar-refractivity contribution < 1.29 is 34.7 Å². The summed E-state index contributed by atoms with van der Waals surface area (Å²) in [5.41, 5.74) is 0.600. The second kappa shape index (κ2) is 22.5. The van der Waals surface area contributed by atoms with Crippen molar-refractivity contribution in [2.45, 2.75) is 204 Å². The minimum Gasteiger partial charge on any atom is -0.455 e. The van der Waals surface area contributed by atoms with Gasteiger partial charge >= 0.3 is 5.97 Å². The molecule has 4 N–H and O–H groups in total. The van der Waals surface area contributed by atoms with E-state index in [0.29, 0.717) is 37.7 Å². The summed E-state index contributed by atoms with van der Waals surface area (Å²) in [4.78, 5) is 11.7. The van der Waals surface area contributed by atoms with Crippen molar-refractivity contribution in [3.63, 3.8) is 0 Å². The zero-order chi connectivity index (χ0) is 30.6. The molecule has 2 heterocycles. The zero-order valence-corrected chi connectivity index (χ0v) is 26.9. The van der Waals surface area contributed by atoms with E-state index in [2.05, 4.69) is 6.92 Å². The number of rotatable bonds is 26. The van der Waals surface area contributed by atoms with Gasteiger partial charge in [0.25, 0.3) is 0 Å². The molecular weight excluding hydrogens is 532 g/mol. The average Bonchev–Trinajstić information content (AvgIpc) is 3.57. The van der Waals surface area contributed by atoms with Gasteiger partial charge in [0.2, 0.25) is 0 Å². The second-order valence-electron chi connectivity index (χ2n) is 13.1. The molecule has 0 radical (unpaired) electrons. The fraction of sp³-hybridized carbons (Fsp3) is 0.914. The van der Waals surface area contributed by atoms with Crippen molar-refractivity contribution >= 4 is 5.97 Å². The summed E-state index contributed by atoms with van der Waals surface area (Å²) in [6.45, 7) is 4.07. The highest BCUT2D eigenvalue weighted by Gasteiger charge is 2.31. The molecule has 0 saturated carbocycles. The monoisotopic (exact) mass is 596 g/mol. The van der Waals surface area contributed by atoms with Gasteiger partial charge in [-0.25, -0.2) is 4.79 Å². The molecule has 0 aromatic carbocycles. The van der Waals surface area contributed by atoms with E-state index in [4.69, 9.17) is 9.47 Å². The summed E-state index contributed by atoms with van der Waals surface area (Å²) in [5.74, 6) is -0.295. The number of aliphatic hydroxyl groups excluding tert-OH is 4. The lowest BCUT2D eigenvalue weighted by Gasteiger charge is -2.22. The Hall–Kier alpha value is -0.990. The maximum absolute atomic E-state index is 11.7. The number of carbonyl (C=O) groups is 1. The lowest BCUT2D eigenvalue weighted by atomic mass is 9.97. The molecule has 0 bridgehead atoms. The third kappa shape index (κ3) is 16.2. The lowest BCUT2D eigenvalue weighted by molar-refractivity contribution is -0.139. The fourth-order valence-electron chi connectivity index (χ4n) is 6.40. The number of hydrogen-bond donors (Lipinski definition) is 4. The fourth-order valence-corrected chi connectivity index (χ4v) is 6.40. The van der Waals surface area contributed by atoms with E-state index in [1.165, 1.54) is 51.4 Å². The molecule has 1 fully saturated rings. The van der Waals surface area contributed by atoms with Crippen LogP contribution in [0, 0.1) is 0 Å². The minimum atomic E-state index is -0.781. The Morgan fingerprint density at radius 3 is 1.93 bits per heavy atom. The molecule has 0 amide bonds. The smallest absolute Gasteiger partial charge is 0.334 e. The first-order chi connectivity index (χ1) is 20.3. The number of esters is 1. The van der Waals surface area contributed by atoms with Gasteiger partial charge in [-0.05, 0) is 57.9 Å². The first-order valence-corrected chi connectivity index (χ1v) is 17.6. The normalized spacial score (nSPS) is 23.5. The molecule has 42 heavy (non-hydrogen) atoms. The number of ether oxygens (including phenoxy) is 2. The predicted octanol–water partition coefficient (Wildman–Crippen LogP) is 7.06. The van der Waals surface area contributed by atoms with Crippen LogP contribution in [0.2, 0.25) is 0 Å². The summed E-state index contributed by atoms with van der Waals surface area (Å²) >= 11 is 0. The Labute approximate surface area is 256 Å². The van der Waals surface area contributed by atoms with Gasteiger partial charge < -0.3 is 29.9 Å². The Bertz CT molecular complexity index is 726. The maximum Gasteiger partial charge on any atom is 0.334 e. The minimum absolute atomic E-state index is 0.168. The Kier molecular flexibility index (Phi) is 19.9. The van der Waals surface area contributed by atoms with Gasteiger partial charge in [0.1, 0.15) is 6.10 Å². The molecular formula is C35H64O7.